The van der Waals surface area contributed by atoms with Gasteiger partial charge in [0, 0.05) is 6.54 Å². The number of aliphatic hydroxyl groups excluding tert-OH is 4. The number of rotatable bonds is 4. The summed E-state index contributed by atoms with van der Waals surface area (Å²) in [5.41, 5.74) is 0. The minimum atomic E-state index is -1.55. The summed E-state index contributed by atoms with van der Waals surface area (Å²) in [5, 5.41) is 48.6. The van der Waals surface area contributed by atoms with Gasteiger partial charge in [0.15, 0.2) is 0 Å². The summed E-state index contributed by atoms with van der Waals surface area (Å²) in [6.45, 7) is -0.209. The molecule has 6 atom stereocenters. The molecule has 0 unspecified atom stereocenters. The largest absolute Gasteiger partial charge is 0.480 e. The molecule has 2 aliphatic heterocycles. The number of carbonyl (C=O) groups is 1. The molecular formula is C12H21NO8. The van der Waals surface area contributed by atoms with Crippen LogP contribution in [0.15, 0.2) is 0 Å². The molecule has 2 heterocycles. The van der Waals surface area contributed by atoms with Gasteiger partial charge in [0.25, 0.3) is 0 Å². The van der Waals surface area contributed by atoms with E-state index in [-0.39, 0.29) is 0 Å². The van der Waals surface area contributed by atoms with Crippen molar-refractivity contribution in [1.29, 1.82) is 0 Å². The van der Waals surface area contributed by atoms with Gasteiger partial charge < -0.3 is 30.3 Å². The molecule has 9 nitrogen and oxygen atoms in total. The van der Waals surface area contributed by atoms with E-state index in [0.717, 1.165) is 12.8 Å². The Morgan fingerprint density at radius 2 is 1.90 bits per heavy atom. The summed E-state index contributed by atoms with van der Waals surface area (Å²) in [4.78, 5) is 16.5. The Bertz CT molecular complexity index is 365. The van der Waals surface area contributed by atoms with Gasteiger partial charge in [-0.1, -0.05) is 0 Å². The van der Waals surface area contributed by atoms with Gasteiger partial charge in [0.05, 0.1) is 6.61 Å². The second kappa shape index (κ2) is 6.97. The molecule has 2 aliphatic rings. The second-order valence-corrected chi connectivity index (χ2v) is 5.29. The van der Waals surface area contributed by atoms with Gasteiger partial charge in [-0.2, -0.15) is 5.06 Å². The number of ether oxygens (including phenoxy) is 1. The number of hydrogen-bond donors (Lipinski definition) is 5. The van der Waals surface area contributed by atoms with Crippen LogP contribution in [-0.2, 0) is 14.4 Å². The predicted octanol–water partition coefficient (Wildman–Crippen LogP) is -2.34. The first-order valence-corrected chi connectivity index (χ1v) is 6.92. The highest BCUT2D eigenvalue weighted by Gasteiger charge is 2.46. The predicted molar refractivity (Wildman–Crippen MR) is 66.8 cm³/mol. The van der Waals surface area contributed by atoms with Crippen molar-refractivity contribution >= 4 is 5.97 Å². The molecule has 2 saturated heterocycles. The minimum Gasteiger partial charge on any atom is -0.480 e. The topological polar surface area (TPSA) is 140 Å². The zero-order valence-electron chi connectivity index (χ0n) is 11.4. The van der Waals surface area contributed by atoms with Crippen LogP contribution in [0.5, 0.6) is 0 Å². The van der Waals surface area contributed by atoms with Crippen molar-refractivity contribution in [3.63, 3.8) is 0 Å². The number of nitrogens with zero attached hydrogens (tertiary/aromatic N) is 1. The molecule has 0 radical (unpaired) electrons. The van der Waals surface area contributed by atoms with Gasteiger partial charge in [-0.05, 0) is 19.3 Å². The lowest BCUT2D eigenvalue weighted by atomic mass is 9.99. The van der Waals surface area contributed by atoms with Gasteiger partial charge >= 0.3 is 5.97 Å². The van der Waals surface area contributed by atoms with Crippen LogP contribution in [0.3, 0.4) is 0 Å². The van der Waals surface area contributed by atoms with Crippen LogP contribution in [0.25, 0.3) is 0 Å². The Morgan fingerprint density at radius 1 is 1.19 bits per heavy atom. The average Bonchev–Trinajstić information content (AvgIpc) is 2.48. The molecule has 0 aromatic carbocycles. The molecule has 0 bridgehead atoms. The number of carboxylic acid groups (broad SMARTS) is 1. The lowest BCUT2D eigenvalue weighted by molar-refractivity contribution is -0.370. The number of aliphatic carboxylic acids is 1. The van der Waals surface area contributed by atoms with Crippen LogP contribution in [0.1, 0.15) is 19.3 Å². The van der Waals surface area contributed by atoms with E-state index < -0.39 is 49.3 Å². The monoisotopic (exact) mass is 307 g/mol. The maximum absolute atomic E-state index is 11.2. The van der Waals surface area contributed by atoms with Crippen molar-refractivity contribution in [3.05, 3.63) is 0 Å². The third kappa shape index (κ3) is 3.51. The number of hydroxylamine groups is 2. The van der Waals surface area contributed by atoms with Crippen LogP contribution in [0.2, 0.25) is 0 Å². The molecule has 21 heavy (non-hydrogen) atoms. The first-order chi connectivity index (χ1) is 9.95. The number of aliphatic hydroxyl groups is 4. The Labute approximate surface area is 121 Å². The summed E-state index contributed by atoms with van der Waals surface area (Å²) < 4.78 is 5.19. The first kappa shape index (κ1) is 16.6. The van der Waals surface area contributed by atoms with Crippen molar-refractivity contribution in [3.8, 4) is 0 Å². The zero-order chi connectivity index (χ0) is 15.6. The quantitative estimate of drug-likeness (QED) is 0.386. The van der Waals surface area contributed by atoms with E-state index >= 15 is 0 Å². The van der Waals surface area contributed by atoms with Crippen LogP contribution in [-0.4, -0.2) is 86.5 Å². The van der Waals surface area contributed by atoms with Crippen molar-refractivity contribution in [2.24, 2.45) is 0 Å². The molecule has 2 rings (SSSR count). The summed E-state index contributed by atoms with van der Waals surface area (Å²) in [5.74, 6) is -1.04. The zero-order valence-corrected chi connectivity index (χ0v) is 11.4. The Balaban J connectivity index is 2.04. The second-order valence-electron chi connectivity index (χ2n) is 5.29. The fraction of sp³-hybridized carbons (Fsp3) is 0.917. The van der Waals surface area contributed by atoms with Gasteiger partial charge in [0.1, 0.15) is 30.5 Å². The maximum Gasteiger partial charge on any atom is 0.323 e. The molecular weight excluding hydrogens is 286 g/mol. The number of carboxylic acids is 1. The van der Waals surface area contributed by atoms with Crippen LogP contribution < -0.4 is 0 Å². The summed E-state index contributed by atoms with van der Waals surface area (Å²) >= 11 is 0. The minimum absolute atomic E-state index is 0.353. The van der Waals surface area contributed by atoms with E-state index in [0.29, 0.717) is 13.0 Å². The molecule has 0 spiro atoms. The molecule has 9 heteroatoms. The van der Waals surface area contributed by atoms with E-state index in [1.165, 1.54) is 5.06 Å². The van der Waals surface area contributed by atoms with Crippen molar-refractivity contribution in [1.82, 2.24) is 5.06 Å². The highest BCUT2D eigenvalue weighted by atomic mass is 16.8. The van der Waals surface area contributed by atoms with E-state index in [9.17, 15) is 20.1 Å². The third-order valence-corrected chi connectivity index (χ3v) is 3.83. The lowest BCUT2D eigenvalue weighted by Crippen LogP contribution is -2.61. The molecule has 122 valence electrons. The van der Waals surface area contributed by atoms with E-state index in [4.69, 9.17) is 19.8 Å². The average molecular weight is 307 g/mol. The molecule has 2 fully saturated rings. The maximum atomic E-state index is 11.2. The van der Waals surface area contributed by atoms with Crippen molar-refractivity contribution in [2.45, 2.75) is 56.0 Å². The summed E-state index contributed by atoms with van der Waals surface area (Å²) in [6, 6.07) is -0.855. The van der Waals surface area contributed by atoms with Crippen LogP contribution >= 0.6 is 0 Å². The van der Waals surface area contributed by atoms with Gasteiger partial charge in [0.2, 0.25) is 6.29 Å². The SMILES string of the molecule is O=C(O)[C@@H]1CCCCN1O[C@H]1O[C@@H](CO)[C@H](O)[C@@H](O)[C@@H]1O. The summed E-state index contributed by atoms with van der Waals surface area (Å²) in [7, 11) is 0. The Kier molecular flexibility index (Phi) is 5.49. The highest BCUT2D eigenvalue weighted by Crippen LogP contribution is 2.25. The Morgan fingerprint density at radius 3 is 2.52 bits per heavy atom. The number of hydrogen-bond acceptors (Lipinski definition) is 8. The molecule has 0 aromatic heterocycles. The van der Waals surface area contributed by atoms with E-state index in [1.807, 2.05) is 0 Å². The molecule has 0 amide bonds. The molecule has 5 N–H and O–H groups in total. The lowest BCUT2D eigenvalue weighted by Gasteiger charge is -2.42. The van der Waals surface area contributed by atoms with Crippen molar-refractivity contribution in [2.75, 3.05) is 13.2 Å². The normalized spacial score (nSPS) is 41.9. The summed E-state index contributed by atoms with van der Waals surface area (Å²) in [6.07, 6.45) is -5.09. The third-order valence-electron chi connectivity index (χ3n) is 3.83. The van der Waals surface area contributed by atoms with Gasteiger partial charge in [-0.3, -0.25) is 9.63 Å². The van der Waals surface area contributed by atoms with Crippen LogP contribution in [0, 0.1) is 0 Å². The van der Waals surface area contributed by atoms with Gasteiger partial charge in [-0.15, -0.1) is 0 Å². The standard InChI is InChI=1S/C12H21NO8/c14-5-7-8(15)9(16)10(17)12(20-7)21-13-4-2-1-3-6(13)11(18)19/h6-10,12,14-17H,1-5H2,(H,18,19)/t6-,7-,8-,9+,10-,12+/m0/s1. The fourth-order valence-corrected chi connectivity index (χ4v) is 2.57. The molecule has 0 aromatic rings. The van der Waals surface area contributed by atoms with E-state index in [2.05, 4.69) is 0 Å². The van der Waals surface area contributed by atoms with E-state index in [1.54, 1.807) is 0 Å². The Hall–Kier alpha value is -0.810. The highest BCUT2D eigenvalue weighted by molar-refractivity contribution is 5.73. The first-order valence-electron chi connectivity index (χ1n) is 6.92. The van der Waals surface area contributed by atoms with Crippen molar-refractivity contribution < 1.29 is 39.9 Å². The smallest absolute Gasteiger partial charge is 0.323 e. The number of piperidine rings is 1. The van der Waals surface area contributed by atoms with Crippen LogP contribution in [0.4, 0.5) is 0 Å². The molecule has 0 saturated carbocycles. The molecule has 0 aliphatic carbocycles. The van der Waals surface area contributed by atoms with Gasteiger partial charge in [-0.25, -0.2) is 0 Å². The fourth-order valence-electron chi connectivity index (χ4n) is 2.57.